The monoisotopic (exact) mass is 516 g/mol. The molecule has 0 aliphatic carbocycles. The predicted molar refractivity (Wildman–Crippen MR) is 147 cm³/mol. The molecule has 0 aliphatic heterocycles. The summed E-state index contributed by atoms with van der Waals surface area (Å²) in [4.78, 5) is 15.9. The van der Waals surface area contributed by atoms with Crippen molar-refractivity contribution in [2.75, 3.05) is 0 Å². The van der Waals surface area contributed by atoms with Crippen LogP contribution in [-0.2, 0) is 17.8 Å². The number of carboxylic acid groups (broad SMARTS) is 1. The molecule has 2 unspecified atom stereocenters. The van der Waals surface area contributed by atoms with Crippen molar-refractivity contribution in [2.24, 2.45) is 0 Å². The van der Waals surface area contributed by atoms with Crippen LogP contribution in [0.3, 0.4) is 0 Å². The average molecular weight is 517 g/mol. The third kappa shape index (κ3) is 6.54. The zero-order valence-electron chi connectivity index (χ0n) is 21.6. The van der Waals surface area contributed by atoms with Gasteiger partial charge in [-0.3, -0.25) is 4.79 Å². The number of hydrogen-bond donors (Lipinski definition) is 3. The number of aliphatic hydroxyl groups is 2. The van der Waals surface area contributed by atoms with Gasteiger partial charge < -0.3 is 19.9 Å². The van der Waals surface area contributed by atoms with Crippen LogP contribution in [-0.4, -0.2) is 43.0 Å². The Hall–Kier alpha value is -3.81. The van der Waals surface area contributed by atoms with E-state index in [2.05, 4.69) is 16.7 Å². The second-order valence-corrected chi connectivity index (χ2v) is 9.84. The number of carboxylic acids is 1. The number of carbonyl (C=O) groups is 1. The van der Waals surface area contributed by atoms with Gasteiger partial charge in [-0.1, -0.05) is 68.5 Å². The third-order valence-corrected chi connectivity index (χ3v) is 6.55. The van der Waals surface area contributed by atoms with Crippen molar-refractivity contribution >= 4 is 23.1 Å². The fourth-order valence-electron chi connectivity index (χ4n) is 4.69. The Labute approximate surface area is 221 Å². The van der Waals surface area contributed by atoms with Gasteiger partial charge in [0.2, 0.25) is 0 Å². The van der Waals surface area contributed by atoms with Crippen molar-refractivity contribution in [1.29, 1.82) is 0 Å². The first kappa shape index (κ1) is 27.2. The van der Waals surface area contributed by atoms with Gasteiger partial charge >= 0.3 is 5.97 Å². The fraction of sp³-hybridized carbons (Fsp3) is 0.290. The molecule has 4 aromatic rings. The molecule has 4 rings (SSSR count). The summed E-state index contributed by atoms with van der Waals surface area (Å²) < 4.78 is 16.0. The van der Waals surface area contributed by atoms with Gasteiger partial charge in [0.1, 0.15) is 11.5 Å². The lowest BCUT2D eigenvalue weighted by atomic mass is 9.91. The summed E-state index contributed by atoms with van der Waals surface area (Å²) in [6.07, 6.45) is 3.46. The number of rotatable bonds is 11. The van der Waals surface area contributed by atoms with Crippen molar-refractivity contribution in [2.45, 2.75) is 57.8 Å². The largest absolute Gasteiger partial charge is 0.481 e. The first-order chi connectivity index (χ1) is 18.2. The van der Waals surface area contributed by atoms with Gasteiger partial charge in [-0.15, -0.1) is 0 Å². The van der Waals surface area contributed by atoms with Gasteiger partial charge in [0.25, 0.3) is 0 Å². The van der Waals surface area contributed by atoms with Crippen LogP contribution in [0.25, 0.3) is 28.2 Å². The van der Waals surface area contributed by atoms with Gasteiger partial charge in [0, 0.05) is 35.7 Å². The highest BCUT2D eigenvalue weighted by atomic mass is 19.1. The van der Waals surface area contributed by atoms with Crippen LogP contribution in [0, 0.1) is 5.82 Å². The lowest BCUT2D eigenvalue weighted by molar-refractivity contribution is -0.139. The number of fused-ring (bicyclic) bond motifs is 1. The molecule has 0 saturated heterocycles. The van der Waals surface area contributed by atoms with E-state index in [4.69, 9.17) is 10.1 Å². The Balaban J connectivity index is 1.79. The molecule has 2 atom stereocenters. The smallest absolute Gasteiger partial charge is 0.305 e. The Bertz CT molecular complexity index is 1410. The van der Waals surface area contributed by atoms with Crippen molar-refractivity contribution in [1.82, 2.24) is 9.55 Å². The number of nitrogens with zero attached hydrogens (tertiary/aromatic N) is 2. The van der Waals surface area contributed by atoms with E-state index in [1.54, 1.807) is 24.3 Å². The molecule has 0 spiro atoms. The van der Waals surface area contributed by atoms with Crippen LogP contribution in [0.5, 0.6) is 0 Å². The molecular formula is C31H33FN2O4. The van der Waals surface area contributed by atoms with Gasteiger partial charge in [-0.05, 0) is 41.7 Å². The highest BCUT2D eigenvalue weighted by Gasteiger charge is 2.20. The molecule has 38 heavy (non-hydrogen) atoms. The van der Waals surface area contributed by atoms with Crippen molar-refractivity contribution in [3.05, 3.63) is 95.6 Å². The van der Waals surface area contributed by atoms with Crippen molar-refractivity contribution in [3.8, 4) is 11.1 Å². The van der Waals surface area contributed by atoms with Gasteiger partial charge in [0.15, 0.2) is 0 Å². The van der Waals surface area contributed by atoms with Crippen LogP contribution < -0.4 is 0 Å². The van der Waals surface area contributed by atoms with E-state index in [0.717, 1.165) is 46.4 Å². The molecule has 0 amide bonds. The number of halogens is 1. The molecule has 0 bridgehead atoms. The SMILES string of the molecule is CC(C)c1nc2c(ccn2CCc2ccccc2)c(-c2ccc(F)cc2)c1C=CC(O)CC(O)CC(=O)O. The summed E-state index contributed by atoms with van der Waals surface area (Å²) in [5, 5.41) is 30.2. The molecule has 0 aliphatic rings. The quantitative estimate of drug-likeness (QED) is 0.234. The van der Waals surface area contributed by atoms with Gasteiger partial charge in [-0.25, -0.2) is 9.37 Å². The van der Waals surface area contributed by atoms with E-state index >= 15 is 0 Å². The minimum Gasteiger partial charge on any atom is -0.481 e. The van der Waals surface area contributed by atoms with Crippen LogP contribution in [0.2, 0.25) is 0 Å². The first-order valence-electron chi connectivity index (χ1n) is 12.8. The Morgan fingerprint density at radius 2 is 1.76 bits per heavy atom. The summed E-state index contributed by atoms with van der Waals surface area (Å²) in [6, 6.07) is 18.6. The standard InChI is InChI=1S/C31H33FN2O4/c1-20(2)30-26(13-12-24(35)18-25(36)19-28(37)38)29(22-8-10-23(32)11-9-22)27-15-17-34(31(27)33-30)16-14-21-6-4-3-5-7-21/h3-13,15,17,20,24-25,35-36H,14,16,18-19H2,1-2H3,(H,37,38). The van der Waals surface area contributed by atoms with E-state index in [1.807, 2.05) is 44.3 Å². The molecule has 2 aromatic heterocycles. The Morgan fingerprint density at radius 1 is 1.05 bits per heavy atom. The number of aryl methyl sites for hydroxylation is 2. The topological polar surface area (TPSA) is 95.6 Å². The molecule has 2 aromatic carbocycles. The normalized spacial score (nSPS) is 13.4. The fourth-order valence-corrected chi connectivity index (χ4v) is 4.69. The number of aromatic nitrogens is 2. The summed E-state index contributed by atoms with van der Waals surface area (Å²) >= 11 is 0. The molecule has 7 heteroatoms. The minimum atomic E-state index is -1.16. The predicted octanol–water partition coefficient (Wildman–Crippen LogP) is 5.81. The first-order valence-corrected chi connectivity index (χ1v) is 12.8. The highest BCUT2D eigenvalue weighted by molar-refractivity contribution is 5.98. The Morgan fingerprint density at radius 3 is 2.42 bits per heavy atom. The summed E-state index contributed by atoms with van der Waals surface area (Å²) in [7, 11) is 0. The van der Waals surface area contributed by atoms with Gasteiger partial charge in [-0.2, -0.15) is 0 Å². The highest BCUT2D eigenvalue weighted by Crippen LogP contribution is 2.37. The summed E-state index contributed by atoms with van der Waals surface area (Å²) in [6.45, 7) is 4.84. The summed E-state index contributed by atoms with van der Waals surface area (Å²) in [5.74, 6) is -1.41. The lowest BCUT2D eigenvalue weighted by Crippen LogP contribution is -2.19. The number of hydrogen-bond acceptors (Lipinski definition) is 4. The van der Waals surface area contributed by atoms with Crippen molar-refractivity contribution < 1.29 is 24.5 Å². The van der Waals surface area contributed by atoms with E-state index < -0.39 is 24.6 Å². The van der Waals surface area contributed by atoms with Crippen LogP contribution in [0.1, 0.15) is 49.4 Å². The number of benzene rings is 2. The van der Waals surface area contributed by atoms with Crippen molar-refractivity contribution in [3.63, 3.8) is 0 Å². The molecule has 2 heterocycles. The number of pyridine rings is 1. The second-order valence-electron chi connectivity index (χ2n) is 9.84. The van der Waals surface area contributed by atoms with Crippen LogP contribution in [0.15, 0.2) is 72.9 Å². The van der Waals surface area contributed by atoms with Crippen LogP contribution >= 0.6 is 0 Å². The molecule has 0 saturated carbocycles. The van der Waals surface area contributed by atoms with Gasteiger partial charge in [0.05, 0.1) is 24.3 Å². The second kappa shape index (κ2) is 12.2. The maximum Gasteiger partial charge on any atom is 0.305 e. The van der Waals surface area contributed by atoms with E-state index in [1.165, 1.54) is 17.7 Å². The molecule has 6 nitrogen and oxygen atoms in total. The zero-order chi connectivity index (χ0) is 27.2. The maximum atomic E-state index is 13.8. The molecule has 0 radical (unpaired) electrons. The lowest BCUT2D eigenvalue weighted by Gasteiger charge is -2.18. The van der Waals surface area contributed by atoms with E-state index in [-0.39, 0.29) is 18.2 Å². The molecular weight excluding hydrogens is 483 g/mol. The zero-order valence-corrected chi connectivity index (χ0v) is 21.6. The molecule has 3 N–H and O–H groups in total. The number of aliphatic hydroxyl groups excluding tert-OH is 2. The van der Waals surface area contributed by atoms with E-state index in [9.17, 15) is 19.4 Å². The molecule has 0 fully saturated rings. The third-order valence-electron chi connectivity index (χ3n) is 6.55. The number of aliphatic carboxylic acids is 1. The Kier molecular flexibility index (Phi) is 8.71. The molecule has 198 valence electrons. The average Bonchev–Trinajstić information content (AvgIpc) is 3.28. The van der Waals surface area contributed by atoms with E-state index in [0.29, 0.717) is 0 Å². The van der Waals surface area contributed by atoms with Crippen LogP contribution in [0.4, 0.5) is 4.39 Å². The summed E-state index contributed by atoms with van der Waals surface area (Å²) in [5.41, 5.74) is 5.39. The maximum absolute atomic E-state index is 13.8. The minimum absolute atomic E-state index is 0.0467.